The van der Waals surface area contributed by atoms with Crippen molar-refractivity contribution in [2.75, 3.05) is 17.7 Å². The number of carbonyl (C=O) groups is 1. The molecule has 3 aromatic rings. The van der Waals surface area contributed by atoms with E-state index in [0.717, 1.165) is 11.1 Å². The van der Waals surface area contributed by atoms with Gasteiger partial charge in [-0.15, -0.1) is 0 Å². The Morgan fingerprint density at radius 1 is 0.926 bits per heavy atom. The van der Waals surface area contributed by atoms with Crippen LogP contribution in [-0.2, 0) is 0 Å². The lowest BCUT2D eigenvalue weighted by atomic mass is 10.1. The molecule has 0 aliphatic carbocycles. The second-order valence-corrected chi connectivity index (χ2v) is 5.66. The average Bonchev–Trinajstić information content (AvgIpc) is 2.69. The molecule has 0 aliphatic heterocycles. The van der Waals surface area contributed by atoms with Crippen molar-refractivity contribution < 1.29 is 14.5 Å². The first-order chi connectivity index (χ1) is 13.1. The number of carbonyl (C=O) groups excluding carboxylic acids is 1. The van der Waals surface area contributed by atoms with Crippen molar-refractivity contribution >= 4 is 23.1 Å². The number of rotatable bonds is 5. The molecule has 0 spiro atoms. The van der Waals surface area contributed by atoms with E-state index in [-0.39, 0.29) is 11.4 Å². The number of anilines is 2. The lowest BCUT2D eigenvalue weighted by Crippen LogP contribution is -2.19. The van der Waals surface area contributed by atoms with E-state index in [1.165, 1.54) is 25.3 Å². The minimum atomic E-state index is -0.537. The number of methoxy groups -OCH3 is 1. The van der Waals surface area contributed by atoms with Crippen molar-refractivity contribution in [1.29, 1.82) is 0 Å². The van der Waals surface area contributed by atoms with Crippen LogP contribution in [0.4, 0.5) is 21.9 Å². The molecule has 0 radical (unpaired) electrons. The number of hydrogen-bond donors (Lipinski definition) is 2. The van der Waals surface area contributed by atoms with Gasteiger partial charge in [0.1, 0.15) is 5.75 Å². The van der Waals surface area contributed by atoms with E-state index in [2.05, 4.69) is 10.6 Å². The molecule has 0 atom stereocenters. The van der Waals surface area contributed by atoms with E-state index in [0.29, 0.717) is 11.4 Å². The van der Waals surface area contributed by atoms with Gasteiger partial charge in [0.15, 0.2) is 0 Å². The number of ether oxygens (including phenoxy) is 1. The summed E-state index contributed by atoms with van der Waals surface area (Å²) in [4.78, 5) is 22.6. The summed E-state index contributed by atoms with van der Waals surface area (Å²) in [5.41, 5.74) is 2.77. The van der Waals surface area contributed by atoms with E-state index in [4.69, 9.17) is 4.74 Å². The lowest BCUT2D eigenvalue weighted by molar-refractivity contribution is -0.384. The molecule has 0 fully saturated rings. The summed E-state index contributed by atoms with van der Waals surface area (Å²) < 4.78 is 5.13. The number of nitrogens with one attached hydrogen (secondary N) is 2. The number of benzene rings is 3. The van der Waals surface area contributed by atoms with Gasteiger partial charge in [-0.2, -0.15) is 0 Å². The van der Waals surface area contributed by atoms with Crippen LogP contribution in [0.3, 0.4) is 0 Å². The van der Waals surface area contributed by atoms with Crippen LogP contribution in [0.5, 0.6) is 5.75 Å². The molecule has 7 nitrogen and oxygen atoms in total. The molecule has 136 valence electrons. The van der Waals surface area contributed by atoms with Crippen LogP contribution < -0.4 is 15.4 Å². The zero-order valence-corrected chi connectivity index (χ0v) is 14.5. The Bertz CT molecular complexity index is 957. The average molecular weight is 363 g/mol. The van der Waals surface area contributed by atoms with Gasteiger partial charge in [-0.1, -0.05) is 42.5 Å². The van der Waals surface area contributed by atoms with Crippen LogP contribution in [0.15, 0.2) is 72.8 Å². The molecule has 0 aromatic heterocycles. The van der Waals surface area contributed by atoms with Crippen molar-refractivity contribution in [2.45, 2.75) is 0 Å². The predicted molar refractivity (Wildman–Crippen MR) is 104 cm³/mol. The Morgan fingerprint density at radius 2 is 1.59 bits per heavy atom. The molecule has 3 rings (SSSR count). The Kier molecular flexibility index (Phi) is 5.32. The van der Waals surface area contributed by atoms with Gasteiger partial charge in [0.2, 0.25) is 0 Å². The Hall–Kier alpha value is -3.87. The first-order valence-corrected chi connectivity index (χ1v) is 8.13. The quantitative estimate of drug-likeness (QED) is 0.497. The Morgan fingerprint density at radius 3 is 2.22 bits per heavy atom. The summed E-state index contributed by atoms with van der Waals surface area (Å²) in [6.07, 6.45) is 0. The number of nitro groups is 1. The fraction of sp³-hybridized carbons (Fsp3) is 0.0500. The molecule has 2 amide bonds. The van der Waals surface area contributed by atoms with Gasteiger partial charge in [0, 0.05) is 17.8 Å². The van der Waals surface area contributed by atoms with Crippen molar-refractivity contribution in [2.24, 2.45) is 0 Å². The summed E-state index contributed by atoms with van der Waals surface area (Å²) in [6.45, 7) is 0. The van der Waals surface area contributed by atoms with Crippen LogP contribution in [0, 0.1) is 10.1 Å². The smallest absolute Gasteiger partial charge is 0.323 e. The van der Waals surface area contributed by atoms with Crippen molar-refractivity contribution in [1.82, 2.24) is 0 Å². The molecule has 0 unspecified atom stereocenters. The highest BCUT2D eigenvalue weighted by molar-refractivity contribution is 6.01. The van der Waals surface area contributed by atoms with Crippen LogP contribution in [0.25, 0.3) is 11.1 Å². The van der Waals surface area contributed by atoms with Crippen molar-refractivity contribution in [3.63, 3.8) is 0 Å². The lowest BCUT2D eigenvalue weighted by Gasteiger charge is -2.11. The van der Waals surface area contributed by atoms with E-state index in [1.807, 2.05) is 42.5 Å². The third-order valence-corrected chi connectivity index (χ3v) is 3.89. The van der Waals surface area contributed by atoms with E-state index < -0.39 is 11.0 Å². The number of hydrogen-bond acceptors (Lipinski definition) is 4. The van der Waals surface area contributed by atoms with Gasteiger partial charge in [-0.3, -0.25) is 10.1 Å². The van der Waals surface area contributed by atoms with Gasteiger partial charge < -0.3 is 15.4 Å². The number of urea groups is 1. The monoisotopic (exact) mass is 363 g/mol. The largest absolute Gasteiger partial charge is 0.495 e. The van der Waals surface area contributed by atoms with Gasteiger partial charge >= 0.3 is 6.03 Å². The highest BCUT2D eigenvalue weighted by Gasteiger charge is 2.13. The second-order valence-electron chi connectivity index (χ2n) is 5.66. The SMILES string of the molecule is COc1ccc([N+](=O)[O-])cc1NC(=O)Nc1ccc(-c2ccccc2)cc1. The van der Waals surface area contributed by atoms with E-state index in [1.54, 1.807) is 12.1 Å². The van der Waals surface area contributed by atoms with Gasteiger partial charge in [-0.25, -0.2) is 4.79 Å². The first kappa shape index (κ1) is 17.9. The fourth-order valence-corrected chi connectivity index (χ4v) is 2.57. The standard InChI is InChI=1S/C20H17N3O4/c1-27-19-12-11-17(23(25)26)13-18(19)22-20(24)21-16-9-7-15(8-10-16)14-5-3-2-4-6-14/h2-13H,1H3,(H2,21,22,24). The molecule has 27 heavy (non-hydrogen) atoms. The third kappa shape index (κ3) is 4.40. The summed E-state index contributed by atoms with van der Waals surface area (Å²) >= 11 is 0. The molecule has 0 saturated heterocycles. The van der Waals surface area contributed by atoms with Crippen LogP contribution in [0.1, 0.15) is 0 Å². The maximum Gasteiger partial charge on any atom is 0.323 e. The summed E-state index contributed by atoms with van der Waals surface area (Å²) in [5.74, 6) is 0.329. The molecular formula is C20H17N3O4. The van der Waals surface area contributed by atoms with Crippen LogP contribution in [-0.4, -0.2) is 18.1 Å². The highest BCUT2D eigenvalue weighted by atomic mass is 16.6. The summed E-state index contributed by atoms with van der Waals surface area (Å²) in [5, 5.41) is 16.2. The predicted octanol–water partition coefficient (Wildman–Crippen LogP) is 4.91. The molecule has 2 N–H and O–H groups in total. The fourth-order valence-electron chi connectivity index (χ4n) is 2.57. The molecule has 0 aliphatic rings. The topological polar surface area (TPSA) is 93.5 Å². The Balaban J connectivity index is 1.71. The molecule has 0 saturated carbocycles. The maximum atomic E-state index is 12.2. The number of nitrogens with zero attached hydrogens (tertiary/aromatic N) is 1. The van der Waals surface area contributed by atoms with Crippen molar-refractivity contribution in [3.05, 3.63) is 82.9 Å². The molecular weight excluding hydrogens is 346 g/mol. The zero-order valence-electron chi connectivity index (χ0n) is 14.5. The molecule has 3 aromatic carbocycles. The Labute approximate surface area is 155 Å². The highest BCUT2D eigenvalue weighted by Crippen LogP contribution is 2.29. The van der Waals surface area contributed by atoms with Gasteiger partial charge in [0.05, 0.1) is 17.7 Å². The minimum absolute atomic E-state index is 0.140. The number of nitro benzene ring substituents is 1. The minimum Gasteiger partial charge on any atom is -0.495 e. The van der Waals surface area contributed by atoms with Crippen LogP contribution in [0.2, 0.25) is 0 Å². The number of non-ortho nitro benzene ring substituents is 1. The first-order valence-electron chi connectivity index (χ1n) is 8.13. The normalized spacial score (nSPS) is 10.1. The summed E-state index contributed by atoms with van der Waals surface area (Å²) in [7, 11) is 1.42. The van der Waals surface area contributed by atoms with E-state index in [9.17, 15) is 14.9 Å². The maximum absolute atomic E-state index is 12.2. The van der Waals surface area contributed by atoms with Crippen molar-refractivity contribution in [3.8, 4) is 16.9 Å². The molecule has 0 bridgehead atoms. The van der Waals surface area contributed by atoms with Gasteiger partial charge in [0.25, 0.3) is 5.69 Å². The van der Waals surface area contributed by atoms with E-state index >= 15 is 0 Å². The number of amides is 2. The van der Waals surface area contributed by atoms with Crippen LogP contribution >= 0.6 is 0 Å². The van der Waals surface area contributed by atoms with Gasteiger partial charge in [-0.05, 0) is 29.3 Å². The summed E-state index contributed by atoms with van der Waals surface area (Å²) in [6, 6.07) is 20.7. The molecule has 0 heterocycles. The molecule has 7 heteroatoms. The second kappa shape index (κ2) is 8.01. The third-order valence-electron chi connectivity index (χ3n) is 3.89. The zero-order chi connectivity index (χ0) is 19.2.